The maximum atomic E-state index is 12.3. The Morgan fingerprint density at radius 3 is 2.31 bits per heavy atom. The van der Waals surface area contributed by atoms with E-state index in [1.54, 1.807) is 34.1 Å². The third-order valence-corrected chi connectivity index (χ3v) is 5.65. The molecule has 138 valence electrons. The van der Waals surface area contributed by atoms with Gasteiger partial charge in [0.1, 0.15) is 5.75 Å². The van der Waals surface area contributed by atoms with Crippen LogP contribution in [0, 0.1) is 0 Å². The molecule has 0 saturated carbocycles. The van der Waals surface area contributed by atoms with Crippen molar-refractivity contribution in [3.8, 4) is 0 Å². The number of amides is 2. The number of hydrogen-bond acceptors (Lipinski definition) is 4. The maximum absolute atomic E-state index is 12.3. The molecule has 2 amide bonds. The second kappa shape index (κ2) is 8.51. The van der Waals surface area contributed by atoms with Gasteiger partial charge in [-0.3, -0.25) is 13.8 Å². The molecule has 1 atom stereocenters. The van der Waals surface area contributed by atoms with Crippen molar-refractivity contribution < 1.29 is 18.2 Å². The smallest absolute Gasteiger partial charge is 0.289 e. The summed E-state index contributed by atoms with van der Waals surface area (Å²) >= 11 is 5.83. The number of carbonyl (C=O) groups excluding carboxylic acids is 2. The summed E-state index contributed by atoms with van der Waals surface area (Å²) in [6.45, 7) is 1.75. The molecule has 1 saturated heterocycles. The fourth-order valence-electron chi connectivity index (χ4n) is 2.76. The molecule has 0 spiro atoms. The number of piperazine rings is 1. The molecule has 6 nitrogen and oxygen atoms in total. The Kier molecular flexibility index (Phi) is 6.11. The van der Waals surface area contributed by atoms with E-state index in [-0.39, 0.29) is 17.6 Å². The lowest BCUT2D eigenvalue weighted by Gasteiger charge is -2.34. The molecule has 1 fully saturated rings. The van der Waals surface area contributed by atoms with Gasteiger partial charge in [-0.2, -0.15) is 0 Å². The number of hydrogen-bond donors (Lipinski definition) is 0. The van der Waals surface area contributed by atoms with Crippen molar-refractivity contribution in [3.63, 3.8) is 0 Å². The van der Waals surface area contributed by atoms with Crippen LogP contribution in [-0.2, 0) is 21.3 Å². The van der Waals surface area contributed by atoms with E-state index in [1.807, 2.05) is 12.1 Å². The average molecular weight is 395 g/mol. The molecule has 0 N–H and O–H groups in total. The predicted molar refractivity (Wildman–Crippen MR) is 99.4 cm³/mol. The fraction of sp³-hybridized carbons (Fsp3) is 0.333. The Hall–Kier alpha value is -2.12. The molecule has 3 rings (SSSR count). The van der Waals surface area contributed by atoms with E-state index in [0.717, 1.165) is 5.56 Å². The van der Waals surface area contributed by atoms with Gasteiger partial charge in [0.25, 0.3) is 5.91 Å². The van der Waals surface area contributed by atoms with E-state index in [0.29, 0.717) is 42.7 Å². The predicted octanol–water partition coefficient (Wildman–Crippen LogP) is 2.17. The van der Waals surface area contributed by atoms with Crippen LogP contribution in [0.1, 0.15) is 16.1 Å². The molecule has 1 aromatic heterocycles. The van der Waals surface area contributed by atoms with Crippen LogP contribution in [0.2, 0.25) is 5.02 Å². The van der Waals surface area contributed by atoms with Crippen LogP contribution < -0.4 is 0 Å². The summed E-state index contributed by atoms with van der Waals surface area (Å²) in [6, 6.07) is 10.4. The number of benzene rings is 1. The van der Waals surface area contributed by atoms with Gasteiger partial charge in [-0.05, 0) is 29.8 Å². The maximum Gasteiger partial charge on any atom is 0.289 e. The van der Waals surface area contributed by atoms with E-state index in [1.165, 1.54) is 6.26 Å². The first-order valence-corrected chi connectivity index (χ1v) is 10.1. The highest BCUT2D eigenvalue weighted by Gasteiger charge is 2.26. The van der Waals surface area contributed by atoms with E-state index in [2.05, 4.69) is 0 Å². The van der Waals surface area contributed by atoms with Crippen LogP contribution in [0.5, 0.6) is 0 Å². The molecule has 0 bridgehead atoms. The van der Waals surface area contributed by atoms with E-state index in [9.17, 15) is 13.8 Å². The molecule has 0 radical (unpaired) electrons. The van der Waals surface area contributed by atoms with Gasteiger partial charge in [0.15, 0.2) is 5.76 Å². The van der Waals surface area contributed by atoms with Crippen LogP contribution >= 0.6 is 11.6 Å². The zero-order chi connectivity index (χ0) is 18.5. The molecule has 1 aliphatic rings. The summed E-state index contributed by atoms with van der Waals surface area (Å²) in [6.07, 6.45) is 1.46. The molecular formula is C18H19ClN2O4S. The topological polar surface area (TPSA) is 70.8 Å². The van der Waals surface area contributed by atoms with Crippen molar-refractivity contribution in [2.24, 2.45) is 0 Å². The SMILES string of the molecule is O=C(C[S@@](=O)Cc1ccc(Cl)cc1)N1CCN(C(=O)c2ccco2)CC1. The Balaban J connectivity index is 1.46. The van der Waals surface area contributed by atoms with Crippen molar-refractivity contribution in [1.82, 2.24) is 9.80 Å². The first-order valence-electron chi connectivity index (χ1n) is 8.23. The van der Waals surface area contributed by atoms with Gasteiger partial charge in [0.05, 0.1) is 6.26 Å². The van der Waals surface area contributed by atoms with E-state index in [4.69, 9.17) is 16.0 Å². The average Bonchev–Trinajstić information content (AvgIpc) is 3.18. The molecule has 1 aliphatic heterocycles. The van der Waals surface area contributed by atoms with Crippen molar-refractivity contribution >= 4 is 34.2 Å². The van der Waals surface area contributed by atoms with Crippen LogP contribution in [0.15, 0.2) is 47.1 Å². The summed E-state index contributed by atoms with van der Waals surface area (Å²) in [5.74, 6) is 0.277. The molecule has 2 heterocycles. The van der Waals surface area contributed by atoms with Crippen molar-refractivity contribution in [1.29, 1.82) is 0 Å². The zero-order valence-corrected chi connectivity index (χ0v) is 15.7. The molecule has 0 unspecified atom stereocenters. The van der Waals surface area contributed by atoms with Crippen LogP contribution in [0.25, 0.3) is 0 Å². The Labute approximate surface area is 159 Å². The summed E-state index contributed by atoms with van der Waals surface area (Å²) in [4.78, 5) is 27.9. The summed E-state index contributed by atoms with van der Waals surface area (Å²) in [5, 5.41) is 0.623. The lowest BCUT2D eigenvalue weighted by atomic mass is 10.2. The van der Waals surface area contributed by atoms with Crippen molar-refractivity contribution in [2.75, 3.05) is 31.9 Å². The second-order valence-electron chi connectivity index (χ2n) is 6.01. The van der Waals surface area contributed by atoms with Gasteiger partial charge < -0.3 is 14.2 Å². The van der Waals surface area contributed by atoms with Gasteiger partial charge in [0, 0.05) is 47.8 Å². The second-order valence-corrected chi connectivity index (χ2v) is 7.90. The number of carbonyl (C=O) groups is 2. The van der Waals surface area contributed by atoms with Crippen molar-refractivity contribution in [3.05, 3.63) is 59.0 Å². The number of nitrogens with zero attached hydrogens (tertiary/aromatic N) is 2. The minimum atomic E-state index is -1.28. The number of halogens is 1. The van der Waals surface area contributed by atoms with E-state index < -0.39 is 10.8 Å². The van der Waals surface area contributed by atoms with Crippen molar-refractivity contribution in [2.45, 2.75) is 5.75 Å². The number of furan rings is 1. The van der Waals surface area contributed by atoms with Crippen LogP contribution in [0.4, 0.5) is 0 Å². The molecule has 1 aromatic carbocycles. The molecule has 8 heteroatoms. The summed E-state index contributed by atoms with van der Waals surface area (Å²) in [7, 11) is -1.28. The first kappa shape index (κ1) is 18.7. The third kappa shape index (κ3) is 4.74. The molecule has 26 heavy (non-hydrogen) atoms. The molecule has 0 aliphatic carbocycles. The highest BCUT2D eigenvalue weighted by atomic mass is 35.5. The minimum absolute atomic E-state index is 0.0191. The van der Waals surface area contributed by atoms with Gasteiger partial charge >= 0.3 is 0 Å². The standard InChI is InChI=1S/C18H19ClN2O4S/c19-15-5-3-14(4-6-15)12-26(24)13-17(22)20-7-9-21(10-8-20)18(23)16-2-1-11-25-16/h1-6,11H,7-10,12-13H2/t26-/m0/s1. The molecular weight excluding hydrogens is 376 g/mol. The highest BCUT2D eigenvalue weighted by molar-refractivity contribution is 7.84. The normalized spacial score (nSPS) is 15.7. The van der Waals surface area contributed by atoms with Gasteiger partial charge in [-0.1, -0.05) is 23.7 Å². The zero-order valence-electron chi connectivity index (χ0n) is 14.1. The van der Waals surface area contributed by atoms with Crippen LogP contribution in [0.3, 0.4) is 0 Å². The van der Waals surface area contributed by atoms with Crippen LogP contribution in [-0.4, -0.2) is 57.8 Å². The minimum Gasteiger partial charge on any atom is -0.459 e. The summed E-state index contributed by atoms with van der Waals surface area (Å²) in [5.41, 5.74) is 0.884. The monoisotopic (exact) mass is 394 g/mol. The highest BCUT2D eigenvalue weighted by Crippen LogP contribution is 2.12. The first-order chi connectivity index (χ1) is 12.5. The fourth-order valence-corrected chi connectivity index (χ4v) is 4.01. The molecule has 2 aromatic rings. The summed E-state index contributed by atoms with van der Waals surface area (Å²) < 4.78 is 17.4. The lowest BCUT2D eigenvalue weighted by Crippen LogP contribution is -2.51. The Morgan fingerprint density at radius 2 is 1.69 bits per heavy atom. The van der Waals surface area contributed by atoms with E-state index >= 15 is 0 Å². The van der Waals surface area contributed by atoms with Gasteiger partial charge in [0.2, 0.25) is 5.91 Å². The van der Waals surface area contributed by atoms with Gasteiger partial charge in [-0.25, -0.2) is 0 Å². The largest absolute Gasteiger partial charge is 0.459 e. The Morgan fingerprint density at radius 1 is 1.04 bits per heavy atom. The third-order valence-electron chi connectivity index (χ3n) is 4.18. The van der Waals surface area contributed by atoms with Gasteiger partial charge in [-0.15, -0.1) is 0 Å². The Bertz CT molecular complexity index is 784. The quantitative estimate of drug-likeness (QED) is 0.779. The lowest BCUT2D eigenvalue weighted by molar-refractivity contribution is -0.129. The number of rotatable bonds is 5.